The Morgan fingerprint density at radius 2 is 1.75 bits per heavy atom. The van der Waals surface area contributed by atoms with Gasteiger partial charge in [-0.2, -0.15) is 4.31 Å². The molecule has 1 amide bonds. The summed E-state index contributed by atoms with van der Waals surface area (Å²) in [5.41, 5.74) is 3.79. The summed E-state index contributed by atoms with van der Waals surface area (Å²) < 4.78 is 28.0. The molecule has 2 heterocycles. The molecule has 5 nitrogen and oxygen atoms in total. The van der Waals surface area contributed by atoms with Crippen molar-refractivity contribution in [3.63, 3.8) is 0 Å². The van der Waals surface area contributed by atoms with E-state index in [1.165, 1.54) is 15.9 Å². The second-order valence-corrected chi connectivity index (χ2v) is 9.56. The molecule has 1 N–H and O–H groups in total. The highest BCUT2D eigenvalue weighted by atomic mass is 32.2. The highest BCUT2D eigenvalue weighted by Gasteiger charge is 2.32. The minimum atomic E-state index is -3.76. The molecule has 0 saturated carbocycles. The minimum absolute atomic E-state index is 0.0722. The van der Waals surface area contributed by atoms with Crippen LogP contribution in [0.25, 0.3) is 0 Å². The van der Waals surface area contributed by atoms with Gasteiger partial charge in [0.25, 0.3) is 5.91 Å². The monoisotopic (exact) mass is 412 g/mol. The van der Waals surface area contributed by atoms with Gasteiger partial charge in [-0.15, -0.1) is 11.3 Å². The van der Waals surface area contributed by atoms with E-state index in [-0.39, 0.29) is 9.77 Å². The van der Waals surface area contributed by atoms with Crippen molar-refractivity contribution in [1.82, 2.24) is 4.31 Å². The van der Waals surface area contributed by atoms with Crippen molar-refractivity contribution in [2.24, 2.45) is 0 Å². The molecule has 1 aliphatic rings. The predicted molar refractivity (Wildman–Crippen MR) is 111 cm³/mol. The molecule has 0 aliphatic carbocycles. The fourth-order valence-electron chi connectivity index (χ4n) is 3.37. The first-order chi connectivity index (χ1) is 13.5. The zero-order chi connectivity index (χ0) is 19.7. The smallest absolute Gasteiger partial charge is 0.267 e. The van der Waals surface area contributed by atoms with E-state index >= 15 is 0 Å². The zero-order valence-corrected chi connectivity index (χ0v) is 17.0. The number of carbonyl (C=O) groups excluding carboxylic acids is 1. The van der Waals surface area contributed by atoms with Gasteiger partial charge in [0.15, 0.2) is 0 Å². The lowest BCUT2D eigenvalue weighted by Crippen LogP contribution is -2.36. The molecule has 0 fully saturated rings. The molecule has 0 unspecified atom stereocenters. The summed E-state index contributed by atoms with van der Waals surface area (Å²) in [6, 6.07) is 16.8. The summed E-state index contributed by atoms with van der Waals surface area (Å²) in [6.07, 6.45) is 0.671. The molecule has 4 rings (SSSR count). The molecule has 0 radical (unpaired) electrons. The summed E-state index contributed by atoms with van der Waals surface area (Å²) in [4.78, 5) is 13.1. The van der Waals surface area contributed by atoms with Crippen LogP contribution in [0.4, 0.5) is 5.69 Å². The van der Waals surface area contributed by atoms with E-state index in [0.29, 0.717) is 25.2 Å². The summed E-state index contributed by atoms with van der Waals surface area (Å²) in [5.74, 6) is -0.403. The molecule has 0 atom stereocenters. The van der Waals surface area contributed by atoms with Crippen LogP contribution in [0.5, 0.6) is 0 Å². The summed E-state index contributed by atoms with van der Waals surface area (Å²) in [7, 11) is -3.76. The van der Waals surface area contributed by atoms with E-state index in [9.17, 15) is 13.2 Å². The van der Waals surface area contributed by atoms with Crippen molar-refractivity contribution in [3.8, 4) is 0 Å². The van der Waals surface area contributed by atoms with Gasteiger partial charge in [-0.05, 0) is 47.5 Å². The Hall–Kier alpha value is -2.48. The Morgan fingerprint density at radius 3 is 2.54 bits per heavy atom. The number of benzene rings is 2. The van der Waals surface area contributed by atoms with Crippen LogP contribution in [0, 0.1) is 6.92 Å². The average molecular weight is 413 g/mol. The van der Waals surface area contributed by atoms with Gasteiger partial charge in [-0.1, -0.05) is 42.5 Å². The Morgan fingerprint density at radius 1 is 1.04 bits per heavy atom. The molecular formula is C21H20N2O3S2. The molecule has 1 aromatic heterocycles. The molecule has 144 valence electrons. The lowest BCUT2D eigenvalue weighted by Gasteiger charge is -2.28. The summed E-state index contributed by atoms with van der Waals surface area (Å²) in [6.45, 7) is 2.63. The fraction of sp³-hybridized carbons (Fsp3) is 0.190. The quantitative estimate of drug-likeness (QED) is 0.703. The first-order valence-electron chi connectivity index (χ1n) is 8.98. The average Bonchev–Trinajstić information content (AvgIpc) is 3.20. The number of amides is 1. The summed E-state index contributed by atoms with van der Waals surface area (Å²) >= 11 is 1.14. The van der Waals surface area contributed by atoms with Crippen LogP contribution in [0.3, 0.4) is 0 Å². The van der Waals surface area contributed by atoms with Gasteiger partial charge in [-0.25, -0.2) is 8.42 Å². The van der Waals surface area contributed by atoms with Crippen molar-refractivity contribution < 1.29 is 13.2 Å². The zero-order valence-electron chi connectivity index (χ0n) is 15.4. The van der Waals surface area contributed by atoms with Crippen molar-refractivity contribution in [2.75, 3.05) is 11.9 Å². The van der Waals surface area contributed by atoms with Crippen LogP contribution in [0.1, 0.15) is 26.4 Å². The Balaban J connectivity index is 1.61. The van der Waals surface area contributed by atoms with Crippen molar-refractivity contribution in [2.45, 2.75) is 24.8 Å². The van der Waals surface area contributed by atoms with Gasteiger partial charge in [-0.3, -0.25) is 4.79 Å². The standard InChI is InChI=1S/C21H20N2O3S2/c1-15-6-2-5-9-18(15)22-21(24)20-19(11-13-27-20)28(25,26)23-12-10-16-7-3-4-8-17(16)14-23/h2-9,11,13H,10,12,14H2,1H3,(H,22,24). The number of anilines is 1. The second kappa shape index (κ2) is 7.50. The molecule has 28 heavy (non-hydrogen) atoms. The first kappa shape index (κ1) is 18.9. The Labute approximate surface area is 168 Å². The van der Waals surface area contributed by atoms with Crippen LogP contribution >= 0.6 is 11.3 Å². The number of aryl methyl sites for hydroxylation is 1. The predicted octanol–water partition coefficient (Wildman–Crippen LogP) is 4.06. The van der Waals surface area contributed by atoms with E-state index in [2.05, 4.69) is 5.32 Å². The molecule has 1 aliphatic heterocycles. The molecule has 0 saturated heterocycles. The molecule has 0 bridgehead atoms. The van der Waals surface area contributed by atoms with Gasteiger partial charge in [0.1, 0.15) is 9.77 Å². The number of nitrogens with zero attached hydrogens (tertiary/aromatic N) is 1. The molecule has 0 spiro atoms. The van der Waals surface area contributed by atoms with Gasteiger partial charge < -0.3 is 5.32 Å². The second-order valence-electron chi connectivity index (χ2n) is 6.74. The number of carbonyl (C=O) groups is 1. The molecular weight excluding hydrogens is 392 g/mol. The van der Waals surface area contributed by atoms with Gasteiger partial charge in [0.05, 0.1) is 0 Å². The number of hydrogen-bond acceptors (Lipinski definition) is 4. The van der Waals surface area contributed by atoms with Gasteiger partial charge in [0, 0.05) is 18.8 Å². The summed E-state index contributed by atoms with van der Waals surface area (Å²) in [5, 5.41) is 4.48. The van der Waals surface area contributed by atoms with E-state index in [4.69, 9.17) is 0 Å². The minimum Gasteiger partial charge on any atom is -0.321 e. The van der Waals surface area contributed by atoms with Crippen LogP contribution in [0.15, 0.2) is 64.9 Å². The normalized spacial score (nSPS) is 14.5. The molecule has 7 heteroatoms. The third kappa shape index (κ3) is 3.48. The SMILES string of the molecule is Cc1ccccc1NC(=O)c1sccc1S(=O)(=O)N1CCc2ccccc2C1. The van der Waals surface area contributed by atoms with E-state index in [0.717, 1.165) is 22.5 Å². The maximum absolute atomic E-state index is 13.3. The maximum atomic E-state index is 13.3. The van der Waals surface area contributed by atoms with Gasteiger partial charge in [0.2, 0.25) is 10.0 Å². The van der Waals surface area contributed by atoms with Gasteiger partial charge >= 0.3 is 0 Å². The third-order valence-electron chi connectivity index (χ3n) is 4.94. The number of sulfonamides is 1. The number of fused-ring (bicyclic) bond motifs is 1. The van der Waals surface area contributed by atoms with Crippen molar-refractivity contribution in [3.05, 3.63) is 81.5 Å². The van der Waals surface area contributed by atoms with Crippen molar-refractivity contribution >= 4 is 33.0 Å². The van der Waals surface area contributed by atoms with E-state index < -0.39 is 15.9 Å². The van der Waals surface area contributed by atoms with Crippen LogP contribution in [0.2, 0.25) is 0 Å². The van der Waals surface area contributed by atoms with Crippen LogP contribution in [-0.2, 0) is 23.0 Å². The largest absolute Gasteiger partial charge is 0.321 e. The Kier molecular flexibility index (Phi) is 5.05. The Bertz CT molecular complexity index is 1140. The lowest BCUT2D eigenvalue weighted by atomic mass is 10.0. The van der Waals surface area contributed by atoms with E-state index in [1.807, 2.05) is 49.4 Å². The van der Waals surface area contributed by atoms with Crippen molar-refractivity contribution in [1.29, 1.82) is 0 Å². The highest BCUT2D eigenvalue weighted by molar-refractivity contribution is 7.89. The number of hydrogen-bond donors (Lipinski definition) is 1. The lowest BCUT2D eigenvalue weighted by molar-refractivity contribution is 0.102. The van der Waals surface area contributed by atoms with Crippen LogP contribution < -0.4 is 5.32 Å². The fourth-order valence-corrected chi connectivity index (χ4v) is 6.09. The topological polar surface area (TPSA) is 66.5 Å². The first-order valence-corrected chi connectivity index (χ1v) is 11.3. The third-order valence-corrected chi connectivity index (χ3v) is 7.87. The number of thiophene rings is 1. The maximum Gasteiger partial charge on any atom is 0.267 e. The number of nitrogens with one attached hydrogen (secondary N) is 1. The van der Waals surface area contributed by atoms with E-state index in [1.54, 1.807) is 11.4 Å². The highest BCUT2D eigenvalue weighted by Crippen LogP contribution is 2.30. The molecule has 3 aromatic rings. The number of para-hydroxylation sites is 1. The van der Waals surface area contributed by atoms with Crippen LogP contribution in [-0.4, -0.2) is 25.2 Å². The molecule has 2 aromatic carbocycles. The number of rotatable bonds is 4.